The molecule has 0 aliphatic rings. The fourth-order valence-corrected chi connectivity index (χ4v) is 4.92. The van der Waals surface area contributed by atoms with Crippen LogP contribution in [0.15, 0.2) is 6.20 Å². The Morgan fingerprint density at radius 3 is 1.95 bits per heavy atom. The Labute approximate surface area is 136 Å². The average Bonchev–Trinajstić information content (AvgIpc) is 2.48. The first-order valence-corrected chi connectivity index (χ1v) is 12.7. The van der Waals surface area contributed by atoms with Crippen molar-refractivity contribution in [3.63, 3.8) is 0 Å². The van der Waals surface area contributed by atoms with Crippen LogP contribution in [0.25, 0.3) is 0 Å². The number of unbranched alkanes of at least 4 members (excludes halogenated alkanes) is 3. The average molecular weight is 380 g/mol. The zero-order chi connectivity index (χ0) is 14.8. The minimum atomic E-state index is -0.433. The van der Waals surface area contributed by atoms with Gasteiger partial charge in [-0.05, 0) is 0 Å². The molecule has 0 N–H and O–H groups in total. The summed E-state index contributed by atoms with van der Waals surface area (Å²) in [5.74, 6) is 0. The van der Waals surface area contributed by atoms with Crippen molar-refractivity contribution in [3.05, 3.63) is 22.9 Å². The van der Waals surface area contributed by atoms with E-state index in [9.17, 15) is 0 Å². The molecule has 1 heterocycles. The van der Waals surface area contributed by atoms with Gasteiger partial charge in [-0.1, -0.05) is 0 Å². The van der Waals surface area contributed by atoms with Gasteiger partial charge in [0.15, 0.2) is 0 Å². The van der Waals surface area contributed by atoms with Crippen molar-refractivity contribution in [2.24, 2.45) is 0 Å². The summed E-state index contributed by atoms with van der Waals surface area (Å²) in [5, 5.41) is 0. The molecule has 2 heteroatoms. The molecule has 1 aromatic heterocycles. The van der Waals surface area contributed by atoms with E-state index in [4.69, 9.17) is 4.98 Å². The molecular formula is C18H31NSn. The number of pyridine rings is 1. The number of aryl methyl sites for hydroxylation is 1. The molecule has 0 unspecified atom stereocenters. The normalized spacial score (nSPS) is 11.0. The van der Waals surface area contributed by atoms with E-state index in [0.717, 1.165) is 0 Å². The van der Waals surface area contributed by atoms with Crippen LogP contribution in [0, 0.1) is 0 Å². The van der Waals surface area contributed by atoms with Crippen LogP contribution in [0.5, 0.6) is 0 Å². The molecular weight excluding hydrogens is 349 g/mol. The van der Waals surface area contributed by atoms with Crippen LogP contribution in [0.1, 0.15) is 76.0 Å². The predicted molar refractivity (Wildman–Crippen MR) is 91.3 cm³/mol. The van der Waals surface area contributed by atoms with Gasteiger partial charge in [-0.2, -0.15) is 0 Å². The van der Waals surface area contributed by atoms with E-state index in [1.54, 1.807) is 16.7 Å². The Hall–Kier alpha value is -0.0513. The van der Waals surface area contributed by atoms with E-state index in [1.165, 1.54) is 61.5 Å². The zero-order valence-corrected chi connectivity index (χ0v) is 16.7. The third-order valence-electron chi connectivity index (χ3n) is 3.98. The topological polar surface area (TPSA) is 12.9 Å². The van der Waals surface area contributed by atoms with Gasteiger partial charge in [0, 0.05) is 0 Å². The van der Waals surface area contributed by atoms with Crippen molar-refractivity contribution < 1.29 is 0 Å². The van der Waals surface area contributed by atoms with Crippen LogP contribution in [-0.4, -0.2) is 26.1 Å². The monoisotopic (exact) mass is 381 g/mol. The first-order valence-electron chi connectivity index (χ1n) is 8.45. The summed E-state index contributed by atoms with van der Waals surface area (Å²) in [6.45, 7) is 6.88. The second-order valence-corrected chi connectivity index (χ2v) is 8.43. The molecule has 0 aliphatic carbocycles. The Morgan fingerprint density at radius 2 is 1.40 bits per heavy atom. The van der Waals surface area contributed by atoms with Crippen LogP contribution in [-0.2, 0) is 19.3 Å². The second kappa shape index (κ2) is 10.6. The number of rotatable bonds is 10. The Kier molecular flexibility index (Phi) is 9.58. The van der Waals surface area contributed by atoms with Gasteiger partial charge >= 0.3 is 136 Å². The van der Waals surface area contributed by atoms with E-state index in [1.807, 2.05) is 0 Å². The van der Waals surface area contributed by atoms with Crippen molar-refractivity contribution in [3.8, 4) is 0 Å². The first-order chi connectivity index (χ1) is 9.78. The summed E-state index contributed by atoms with van der Waals surface area (Å²) in [6, 6.07) is 0. The first kappa shape index (κ1) is 18.0. The summed E-state index contributed by atoms with van der Waals surface area (Å²) in [5.41, 5.74) is 4.92. The molecule has 0 bridgehead atoms. The van der Waals surface area contributed by atoms with Gasteiger partial charge in [0.05, 0.1) is 0 Å². The van der Waals surface area contributed by atoms with Gasteiger partial charge in [-0.15, -0.1) is 0 Å². The SMILES string of the molecule is CCCCc1cn[c]([Sn][CH3])c(CCCC)c1CCCC. The van der Waals surface area contributed by atoms with E-state index < -0.39 is 21.1 Å². The van der Waals surface area contributed by atoms with E-state index in [0.29, 0.717) is 0 Å². The number of hydrogen-bond donors (Lipinski definition) is 0. The van der Waals surface area contributed by atoms with Gasteiger partial charge in [0.25, 0.3) is 0 Å². The van der Waals surface area contributed by atoms with Crippen LogP contribution in [0.2, 0.25) is 4.94 Å². The fourth-order valence-electron chi connectivity index (χ4n) is 2.72. The van der Waals surface area contributed by atoms with Crippen LogP contribution in [0.3, 0.4) is 0 Å². The van der Waals surface area contributed by atoms with Crippen molar-refractivity contribution >= 4 is 24.9 Å². The molecule has 0 atom stereocenters. The maximum absolute atomic E-state index is 4.85. The summed E-state index contributed by atoms with van der Waals surface area (Å²) in [4.78, 5) is 7.26. The summed E-state index contributed by atoms with van der Waals surface area (Å²) >= 11 is -0.433. The van der Waals surface area contributed by atoms with Gasteiger partial charge in [-0.25, -0.2) is 0 Å². The molecule has 1 rings (SSSR count). The molecule has 2 radical (unpaired) electrons. The molecule has 20 heavy (non-hydrogen) atoms. The minimum absolute atomic E-state index is 0.433. The van der Waals surface area contributed by atoms with Crippen LogP contribution < -0.4 is 3.71 Å². The van der Waals surface area contributed by atoms with Crippen LogP contribution in [0.4, 0.5) is 0 Å². The molecule has 0 saturated heterocycles. The maximum atomic E-state index is 4.85. The van der Waals surface area contributed by atoms with Gasteiger partial charge < -0.3 is 0 Å². The molecule has 0 spiro atoms. The molecule has 0 saturated carbocycles. The van der Waals surface area contributed by atoms with Crippen molar-refractivity contribution in [1.82, 2.24) is 4.98 Å². The fraction of sp³-hybridized carbons (Fsp3) is 0.722. The van der Waals surface area contributed by atoms with Gasteiger partial charge in [-0.3, -0.25) is 0 Å². The Morgan fingerprint density at radius 1 is 0.850 bits per heavy atom. The second-order valence-electron chi connectivity index (χ2n) is 5.65. The Balaban J connectivity index is 3.09. The molecule has 1 aromatic rings. The third-order valence-corrected chi connectivity index (χ3v) is 6.57. The number of aromatic nitrogens is 1. The standard InChI is InChI=1S/C17H28N.CH3.Sn/c1-4-7-10-15-13-18-14-16(11-8-5-2)17(15)12-9-6-3;;/h13H,4-12H2,1-3H3;1H3;. The summed E-state index contributed by atoms with van der Waals surface area (Å²) in [6.07, 6.45) is 13.8. The van der Waals surface area contributed by atoms with E-state index in [2.05, 4.69) is 31.9 Å². The predicted octanol–water partition coefficient (Wildman–Crippen LogP) is 4.49. The molecule has 0 aromatic carbocycles. The van der Waals surface area contributed by atoms with Crippen LogP contribution >= 0.6 is 0 Å². The van der Waals surface area contributed by atoms with E-state index in [-0.39, 0.29) is 0 Å². The number of hydrogen-bond acceptors (Lipinski definition) is 1. The molecule has 0 amide bonds. The van der Waals surface area contributed by atoms with E-state index >= 15 is 0 Å². The summed E-state index contributed by atoms with van der Waals surface area (Å²) < 4.78 is 1.52. The van der Waals surface area contributed by atoms with Crippen molar-refractivity contribution in [2.75, 3.05) is 0 Å². The quantitative estimate of drug-likeness (QED) is 0.546. The van der Waals surface area contributed by atoms with Gasteiger partial charge in [0.1, 0.15) is 0 Å². The van der Waals surface area contributed by atoms with Crippen molar-refractivity contribution in [2.45, 2.75) is 83.5 Å². The Bertz CT molecular complexity index is 387. The third kappa shape index (κ3) is 5.38. The van der Waals surface area contributed by atoms with Crippen molar-refractivity contribution in [1.29, 1.82) is 0 Å². The molecule has 0 fully saturated rings. The number of nitrogens with zero attached hydrogens (tertiary/aromatic N) is 1. The molecule has 0 aliphatic heterocycles. The molecule has 112 valence electrons. The molecule has 1 nitrogen and oxygen atoms in total. The van der Waals surface area contributed by atoms with Gasteiger partial charge in [0.2, 0.25) is 0 Å². The summed E-state index contributed by atoms with van der Waals surface area (Å²) in [7, 11) is 0. The zero-order valence-electron chi connectivity index (χ0n) is 13.9.